The number of hydrogen-bond acceptors (Lipinski definition) is 2. The third-order valence-electron chi connectivity index (χ3n) is 3.95. The van der Waals surface area contributed by atoms with Gasteiger partial charge in [-0.05, 0) is 50.3 Å². The number of nitrogens with zero attached hydrogens (tertiary/aromatic N) is 1. The molecule has 1 aromatic rings. The Hall–Kier alpha value is -1.09. The van der Waals surface area contributed by atoms with Gasteiger partial charge in [0.2, 0.25) is 0 Å². The number of anilines is 1. The average molecular weight is 250 g/mol. The third-order valence-corrected chi connectivity index (χ3v) is 3.95. The molecular formula is C15H23FN2. The Morgan fingerprint density at radius 2 is 2.11 bits per heavy atom. The maximum Gasteiger partial charge on any atom is 0.146 e. The fraction of sp³-hybridized carbons (Fsp3) is 0.600. The molecule has 3 heteroatoms. The van der Waals surface area contributed by atoms with Crippen LogP contribution in [0.4, 0.5) is 10.1 Å². The van der Waals surface area contributed by atoms with E-state index in [9.17, 15) is 4.39 Å². The van der Waals surface area contributed by atoms with Crippen LogP contribution in [-0.4, -0.2) is 12.6 Å². The van der Waals surface area contributed by atoms with Crippen molar-refractivity contribution in [3.05, 3.63) is 29.6 Å². The van der Waals surface area contributed by atoms with Crippen molar-refractivity contribution in [2.45, 2.75) is 45.7 Å². The van der Waals surface area contributed by atoms with Crippen molar-refractivity contribution in [1.82, 2.24) is 0 Å². The van der Waals surface area contributed by atoms with Crippen molar-refractivity contribution in [3.8, 4) is 0 Å². The highest BCUT2D eigenvalue weighted by molar-refractivity contribution is 5.50. The molecule has 0 radical (unpaired) electrons. The van der Waals surface area contributed by atoms with Gasteiger partial charge in [0.05, 0.1) is 5.69 Å². The zero-order chi connectivity index (χ0) is 13.3. The van der Waals surface area contributed by atoms with Crippen LogP contribution in [0.15, 0.2) is 18.2 Å². The van der Waals surface area contributed by atoms with E-state index in [0.717, 1.165) is 36.6 Å². The summed E-state index contributed by atoms with van der Waals surface area (Å²) in [6.07, 6.45) is 2.27. The summed E-state index contributed by atoms with van der Waals surface area (Å²) in [5, 5.41) is 0. The molecule has 1 aliphatic rings. The van der Waals surface area contributed by atoms with E-state index >= 15 is 0 Å². The van der Waals surface area contributed by atoms with Crippen LogP contribution in [0.2, 0.25) is 0 Å². The fourth-order valence-electron chi connectivity index (χ4n) is 2.80. The number of piperidine rings is 1. The van der Waals surface area contributed by atoms with E-state index in [2.05, 4.69) is 18.7 Å². The minimum absolute atomic E-state index is 0.118. The Balaban J connectivity index is 2.23. The first-order valence-electron chi connectivity index (χ1n) is 6.80. The molecule has 2 rings (SSSR count). The van der Waals surface area contributed by atoms with Gasteiger partial charge in [-0.3, -0.25) is 0 Å². The van der Waals surface area contributed by atoms with Gasteiger partial charge in [-0.2, -0.15) is 0 Å². The summed E-state index contributed by atoms with van der Waals surface area (Å²) < 4.78 is 14.2. The van der Waals surface area contributed by atoms with Gasteiger partial charge in [-0.25, -0.2) is 4.39 Å². The van der Waals surface area contributed by atoms with Crippen molar-refractivity contribution >= 4 is 5.69 Å². The Morgan fingerprint density at radius 1 is 1.39 bits per heavy atom. The largest absolute Gasteiger partial charge is 0.366 e. The van der Waals surface area contributed by atoms with Crippen LogP contribution in [0.5, 0.6) is 0 Å². The summed E-state index contributed by atoms with van der Waals surface area (Å²) >= 11 is 0. The highest BCUT2D eigenvalue weighted by Gasteiger charge is 2.25. The lowest BCUT2D eigenvalue weighted by molar-refractivity contribution is 0.374. The molecule has 1 aromatic carbocycles. The quantitative estimate of drug-likeness (QED) is 0.871. The van der Waals surface area contributed by atoms with Crippen LogP contribution in [0.3, 0.4) is 0 Å². The first-order valence-corrected chi connectivity index (χ1v) is 6.80. The van der Waals surface area contributed by atoms with Gasteiger partial charge >= 0.3 is 0 Å². The van der Waals surface area contributed by atoms with Crippen LogP contribution in [0, 0.1) is 11.7 Å². The predicted octanol–water partition coefficient (Wildman–Crippen LogP) is 3.47. The normalized spacial score (nSPS) is 26.2. The SMILES string of the molecule is CC1CCN(c2ccc([C@@H](C)N)cc2F)C(C)C1. The Morgan fingerprint density at radius 3 is 2.67 bits per heavy atom. The summed E-state index contributed by atoms with van der Waals surface area (Å²) in [6.45, 7) is 7.26. The summed E-state index contributed by atoms with van der Waals surface area (Å²) in [4.78, 5) is 2.18. The topological polar surface area (TPSA) is 29.3 Å². The molecular weight excluding hydrogens is 227 g/mol. The molecule has 1 aliphatic heterocycles. The van der Waals surface area contributed by atoms with Gasteiger partial charge in [-0.15, -0.1) is 0 Å². The van der Waals surface area contributed by atoms with Gasteiger partial charge in [0.15, 0.2) is 0 Å². The van der Waals surface area contributed by atoms with E-state index in [1.54, 1.807) is 6.07 Å². The molecule has 0 aromatic heterocycles. The van der Waals surface area contributed by atoms with Gasteiger partial charge < -0.3 is 10.6 Å². The third kappa shape index (κ3) is 2.66. The molecule has 0 aliphatic carbocycles. The molecule has 0 amide bonds. The predicted molar refractivity (Wildman–Crippen MR) is 74.2 cm³/mol. The molecule has 0 saturated carbocycles. The number of nitrogens with two attached hydrogens (primary N) is 1. The zero-order valence-electron chi connectivity index (χ0n) is 11.5. The molecule has 2 unspecified atom stereocenters. The standard InChI is InChI=1S/C15H23FN2/c1-10-6-7-18(11(2)8-10)15-5-4-13(12(3)17)9-14(15)16/h4-5,9-12H,6-8,17H2,1-3H3/t10?,11?,12-/m1/s1. The Labute approximate surface area is 109 Å². The monoisotopic (exact) mass is 250 g/mol. The molecule has 0 spiro atoms. The fourth-order valence-corrected chi connectivity index (χ4v) is 2.80. The first kappa shape index (κ1) is 13.3. The summed E-state index contributed by atoms with van der Waals surface area (Å²) in [7, 11) is 0. The lowest BCUT2D eigenvalue weighted by atomic mass is 9.92. The summed E-state index contributed by atoms with van der Waals surface area (Å²) in [6, 6.07) is 5.68. The van der Waals surface area contributed by atoms with Crippen molar-refractivity contribution < 1.29 is 4.39 Å². The molecule has 100 valence electrons. The van der Waals surface area contributed by atoms with E-state index in [1.165, 1.54) is 0 Å². The molecule has 0 bridgehead atoms. The zero-order valence-corrected chi connectivity index (χ0v) is 11.5. The number of rotatable bonds is 2. The molecule has 1 saturated heterocycles. The minimum Gasteiger partial charge on any atom is -0.366 e. The number of hydrogen-bond donors (Lipinski definition) is 1. The van der Waals surface area contributed by atoms with Gasteiger partial charge in [0, 0.05) is 18.6 Å². The van der Waals surface area contributed by atoms with Crippen molar-refractivity contribution in [3.63, 3.8) is 0 Å². The van der Waals surface area contributed by atoms with Crippen LogP contribution < -0.4 is 10.6 Å². The highest BCUT2D eigenvalue weighted by Crippen LogP contribution is 2.30. The molecule has 2 N–H and O–H groups in total. The molecule has 18 heavy (non-hydrogen) atoms. The minimum atomic E-state index is -0.147. The van der Waals surface area contributed by atoms with Crippen LogP contribution in [-0.2, 0) is 0 Å². The smallest absolute Gasteiger partial charge is 0.146 e. The second-order valence-electron chi connectivity index (χ2n) is 5.67. The van der Waals surface area contributed by atoms with Crippen LogP contribution >= 0.6 is 0 Å². The average Bonchev–Trinajstić information content (AvgIpc) is 2.30. The van der Waals surface area contributed by atoms with Gasteiger partial charge in [0.25, 0.3) is 0 Å². The Bertz CT molecular complexity index is 417. The van der Waals surface area contributed by atoms with Crippen molar-refractivity contribution in [2.75, 3.05) is 11.4 Å². The summed E-state index contributed by atoms with van der Waals surface area (Å²) in [5.41, 5.74) is 7.35. The van der Waals surface area contributed by atoms with Gasteiger partial charge in [0.1, 0.15) is 5.82 Å². The maximum atomic E-state index is 14.2. The second-order valence-corrected chi connectivity index (χ2v) is 5.67. The lowest BCUT2D eigenvalue weighted by Gasteiger charge is -2.38. The first-order chi connectivity index (χ1) is 8.49. The molecule has 1 fully saturated rings. The van der Waals surface area contributed by atoms with E-state index in [-0.39, 0.29) is 11.9 Å². The highest BCUT2D eigenvalue weighted by atomic mass is 19.1. The molecule has 3 atom stereocenters. The number of benzene rings is 1. The summed E-state index contributed by atoms with van der Waals surface area (Å²) in [5.74, 6) is 0.592. The van der Waals surface area contributed by atoms with Crippen molar-refractivity contribution in [1.29, 1.82) is 0 Å². The second kappa shape index (κ2) is 5.27. The maximum absolute atomic E-state index is 14.2. The number of halogens is 1. The molecule has 2 nitrogen and oxygen atoms in total. The van der Waals surface area contributed by atoms with Crippen molar-refractivity contribution in [2.24, 2.45) is 11.7 Å². The van der Waals surface area contributed by atoms with E-state index < -0.39 is 0 Å². The Kier molecular flexibility index (Phi) is 3.91. The van der Waals surface area contributed by atoms with E-state index in [1.807, 2.05) is 19.1 Å². The van der Waals surface area contributed by atoms with Gasteiger partial charge in [-0.1, -0.05) is 13.0 Å². The van der Waals surface area contributed by atoms with Crippen LogP contribution in [0.1, 0.15) is 45.2 Å². The lowest BCUT2D eigenvalue weighted by Crippen LogP contribution is -2.40. The van der Waals surface area contributed by atoms with E-state index in [4.69, 9.17) is 5.73 Å². The van der Waals surface area contributed by atoms with Crippen LogP contribution in [0.25, 0.3) is 0 Å². The van der Waals surface area contributed by atoms with E-state index in [0.29, 0.717) is 6.04 Å². The molecule has 1 heterocycles.